The van der Waals surface area contributed by atoms with Crippen LogP contribution in [0.2, 0.25) is 0 Å². The molecule has 0 bridgehead atoms. The molecule has 0 saturated carbocycles. The van der Waals surface area contributed by atoms with E-state index in [0.717, 1.165) is 26.2 Å². The van der Waals surface area contributed by atoms with Gasteiger partial charge in [0.2, 0.25) is 0 Å². The number of rotatable bonds is 4. The van der Waals surface area contributed by atoms with Gasteiger partial charge in [0, 0.05) is 37.8 Å². The van der Waals surface area contributed by atoms with E-state index in [4.69, 9.17) is 29.3 Å². The minimum atomic E-state index is -1.82. The highest BCUT2D eigenvalue weighted by Gasteiger charge is 2.23. The topological polar surface area (TPSA) is 117 Å². The third-order valence-corrected chi connectivity index (χ3v) is 4.15. The summed E-state index contributed by atoms with van der Waals surface area (Å²) in [4.78, 5) is 35.0. The van der Waals surface area contributed by atoms with Crippen molar-refractivity contribution in [2.45, 2.75) is 19.9 Å². The van der Waals surface area contributed by atoms with Crippen LogP contribution in [0.1, 0.15) is 24.2 Å². The molecule has 0 aliphatic carbocycles. The Kier molecular flexibility index (Phi) is 8.53. The van der Waals surface area contributed by atoms with E-state index < -0.39 is 11.9 Å². The number of carbonyl (C=O) groups excluding carboxylic acids is 1. The Balaban J connectivity index is 0.000000527. The van der Waals surface area contributed by atoms with Gasteiger partial charge in [-0.3, -0.25) is 9.69 Å². The quantitative estimate of drug-likeness (QED) is 0.742. The van der Waals surface area contributed by atoms with Crippen LogP contribution in [0.4, 0.5) is 0 Å². The van der Waals surface area contributed by atoms with Crippen LogP contribution < -0.4 is 9.47 Å². The number of amides is 1. The second kappa shape index (κ2) is 10.4. The number of benzene rings is 1. The van der Waals surface area contributed by atoms with E-state index in [0.29, 0.717) is 23.1 Å². The number of nitrogens with zero attached hydrogens (tertiary/aromatic N) is 2. The Morgan fingerprint density at radius 1 is 0.926 bits per heavy atom. The van der Waals surface area contributed by atoms with Gasteiger partial charge < -0.3 is 24.6 Å². The molecule has 1 aromatic carbocycles. The van der Waals surface area contributed by atoms with Gasteiger partial charge in [-0.2, -0.15) is 0 Å². The molecule has 0 unspecified atom stereocenters. The van der Waals surface area contributed by atoms with E-state index in [9.17, 15) is 4.79 Å². The van der Waals surface area contributed by atoms with Crippen molar-refractivity contribution in [3.8, 4) is 11.5 Å². The average Bonchev–Trinajstić information content (AvgIpc) is 2.67. The van der Waals surface area contributed by atoms with Crippen LogP contribution in [-0.4, -0.2) is 84.3 Å². The third kappa shape index (κ3) is 6.45. The molecule has 0 radical (unpaired) electrons. The predicted octanol–water partition coefficient (Wildman–Crippen LogP) is 1.03. The van der Waals surface area contributed by atoms with E-state index in [1.807, 2.05) is 4.90 Å². The number of hydrogen-bond acceptors (Lipinski definition) is 6. The summed E-state index contributed by atoms with van der Waals surface area (Å²) < 4.78 is 10.5. The van der Waals surface area contributed by atoms with Gasteiger partial charge in [0.1, 0.15) is 0 Å². The molecule has 2 N–H and O–H groups in total. The maximum absolute atomic E-state index is 12.6. The number of carbonyl (C=O) groups is 3. The molecule has 2 rings (SSSR count). The highest BCUT2D eigenvalue weighted by atomic mass is 16.5. The summed E-state index contributed by atoms with van der Waals surface area (Å²) in [6, 6.07) is 5.84. The van der Waals surface area contributed by atoms with Gasteiger partial charge in [-0.05, 0) is 32.0 Å². The first-order valence-electron chi connectivity index (χ1n) is 8.42. The maximum atomic E-state index is 12.6. The standard InChI is InChI=1S/C16H24N2O3.C2H2O4/c1-12(2)17-7-9-18(10-8-17)16(19)13-5-6-14(20-3)15(11-13)21-4;3-1(4)2(5)6/h5-6,11-12H,7-10H2,1-4H3;(H,3,4)(H,5,6). The SMILES string of the molecule is COc1ccc(C(=O)N2CCN(C(C)C)CC2)cc1OC.O=C(O)C(=O)O. The van der Waals surface area contributed by atoms with Crippen LogP contribution >= 0.6 is 0 Å². The highest BCUT2D eigenvalue weighted by Crippen LogP contribution is 2.28. The molecule has 1 aliphatic rings. The molecule has 9 nitrogen and oxygen atoms in total. The molecule has 27 heavy (non-hydrogen) atoms. The first-order chi connectivity index (χ1) is 12.7. The van der Waals surface area contributed by atoms with Crippen molar-refractivity contribution < 1.29 is 34.1 Å². The minimum absolute atomic E-state index is 0.0550. The molecular formula is C18H26N2O7. The first kappa shape index (κ1) is 22.2. The lowest BCUT2D eigenvalue weighted by molar-refractivity contribution is -0.159. The van der Waals surface area contributed by atoms with Crippen molar-refractivity contribution in [3.63, 3.8) is 0 Å². The predicted molar refractivity (Wildman–Crippen MR) is 97.4 cm³/mol. The molecule has 1 amide bonds. The Hall–Kier alpha value is -2.81. The Morgan fingerprint density at radius 3 is 1.85 bits per heavy atom. The molecule has 9 heteroatoms. The van der Waals surface area contributed by atoms with Crippen molar-refractivity contribution in [2.24, 2.45) is 0 Å². The Morgan fingerprint density at radius 2 is 1.44 bits per heavy atom. The summed E-state index contributed by atoms with van der Waals surface area (Å²) in [6.45, 7) is 7.77. The van der Waals surface area contributed by atoms with Gasteiger partial charge in [0.25, 0.3) is 5.91 Å². The van der Waals surface area contributed by atoms with Crippen LogP contribution in [0.5, 0.6) is 11.5 Å². The van der Waals surface area contributed by atoms with Crippen molar-refractivity contribution in [2.75, 3.05) is 40.4 Å². The lowest BCUT2D eigenvalue weighted by Gasteiger charge is -2.37. The summed E-state index contributed by atoms with van der Waals surface area (Å²) in [7, 11) is 3.16. The van der Waals surface area contributed by atoms with Crippen LogP contribution in [0.3, 0.4) is 0 Å². The fourth-order valence-electron chi connectivity index (χ4n) is 2.59. The van der Waals surface area contributed by atoms with Crippen molar-refractivity contribution >= 4 is 17.8 Å². The van der Waals surface area contributed by atoms with E-state index in [1.54, 1.807) is 32.4 Å². The van der Waals surface area contributed by atoms with E-state index in [2.05, 4.69) is 18.7 Å². The molecule has 0 atom stereocenters. The normalized spacial score (nSPS) is 14.2. The molecule has 150 valence electrons. The zero-order valence-electron chi connectivity index (χ0n) is 16.0. The van der Waals surface area contributed by atoms with Gasteiger partial charge in [0.05, 0.1) is 14.2 Å². The fourth-order valence-corrected chi connectivity index (χ4v) is 2.59. The largest absolute Gasteiger partial charge is 0.493 e. The number of hydrogen-bond donors (Lipinski definition) is 2. The van der Waals surface area contributed by atoms with E-state index in [-0.39, 0.29) is 5.91 Å². The zero-order valence-corrected chi connectivity index (χ0v) is 16.0. The Bertz CT molecular complexity index is 656. The van der Waals surface area contributed by atoms with Gasteiger partial charge >= 0.3 is 11.9 Å². The smallest absolute Gasteiger partial charge is 0.414 e. The molecule has 1 aliphatic heterocycles. The summed E-state index contributed by atoms with van der Waals surface area (Å²) in [5.41, 5.74) is 0.644. The summed E-state index contributed by atoms with van der Waals surface area (Å²) in [5.74, 6) is -2.37. The van der Waals surface area contributed by atoms with Gasteiger partial charge in [-0.1, -0.05) is 0 Å². The third-order valence-electron chi connectivity index (χ3n) is 4.15. The molecule has 0 spiro atoms. The molecular weight excluding hydrogens is 356 g/mol. The second-order valence-electron chi connectivity index (χ2n) is 6.10. The summed E-state index contributed by atoms with van der Waals surface area (Å²) in [6.07, 6.45) is 0. The van der Waals surface area contributed by atoms with Crippen LogP contribution in [0, 0.1) is 0 Å². The molecule has 1 aromatic rings. The van der Waals surface area contributed by atoms with Gasteiger partial charge in [-0.15, -0.1) is 0 Å². The summed E-state index contributed by atoms with van der Waals surface area (Å²) in [5, 5.41) is 14.8. The zero-order chi connectivity index (χ0) is 20.6. The monoisotopic (exact) mass is 382 g/mol. The fraction of sp³-hybridized carbons (Fsp3) is 0.500. The lowest BCUT2D eigenvalue weighted by atomic mass is 10.1. The van der Waals surface area contributed by atoms with Crippen molar-refractivity contribution in [1.29, 1.82) is 0 Å². The lowest BCUT2D eigenvalue weighted by Crippen LogP contribution is -2.50. The number of carboxylic acids is 2. The second-order valence-corrected chi connectivity index (χ2v) is 6.10. The molecule has 1 fully saturated rings. The number of piperazine rings is 1. The van der Waals surface area contributed by atoms with Crippen LogP contribution in [0.15, 0.2) is 18.2 Å². The van der Waals surface area contributed by atoms with Gasteiger partial charge in [0.15, 0.2) is 11.5 Å². The molecule has 1 saturated heterocycles. The van der Waals surface area contributed by atoms with E-state index >= 15 is 0 Å². The van der Waals surface area contributed by atoms with Crippen molar-refractivity contribution in [1.82, 2.24) is 9.80 Å². The molecule has 0 aromatic heterocycles. The first-order valence-corrected chi connectivity index (χ1v) is 8.42. The van der Waals surface area contributed by atoms with Crippen LogP contribution in [0.25, 0.3) is 0 Å². The highest BCUT2D eigenvalue weighted by molar-refractivity contribution is 6.27. The number of aliphatic carboxylic acids is 2. The van der Waals surface area contributed by atoms with Gasteiger partial charge in [-0.25, -0.2) is 9.59 Å². The minimum Gasteiger partial charge on any atom is -0.493 e. The van der Waals surface area contributed by atoms with Crippen molar-refractivity contribution in [3.05, 3.63) is 23.8 Å². The molecule has 1 heterocycles. The number of ether oxygens (including phenoxy) is 2. The average molecular weight is 382 g/mol. The Labute approximate surface area is 158 Å². The number of methoxy groups -OCH3 is 2. The van der Waals surface area contributed by atoms with E-state index in [1.165, 1.54) is 0 Å². The number of carboxylic acid groups (broad SMARTS) is 2. The van der Waals surface area contributed by atoms with Crippen LogP contribution in [-0.2, 0) is 9.59 Å². The maximum Gasteiger partial charge on any atom is 0.414 e. The summed E-state index contributed by atoms with van der Waals surface area (Å²) >= 11 is 0.